The van der Waals surface area contributed by atoms with Crippen molar-refractivity contribution in [2.75, 3.05) is 6.61 Å². The molecule has 1 unspecified atom stereocenters. The van der Waals surface area contributed by atoms with E-state index in [-0.39, 0.29) is 12.0 Å². The number of amides is 1. The third-order valence-corrected chi connectivity index (χ3v) is 3.17. The Hall–Kier alpha value is -2.55. The van der Waals surface area contributed by atoms with Crippen molar-refractivity contribution in [1.29, 1.82) is 5.26 Å². The number of hydrogen-bond donors (Lipinski definition) is 2. The van der Waals surface area contributed by atoms with Crippen molar-refractivity contribution < 1.29 is 19.4 Å². The minimum Gasteiger partial charge on any atom is -0.484 e. The first-order chi connectivity index (χ1) is 10.7. The van der Waals surface area contributed by atoms with Crippen molar-refractivity contribution >= 4 is 11.9 Å². The number of nitrogens with zero attached hydrogens (tertiary/aromatic N) is 1. The first kappa shape index (κ1) is 18.5. The Morgan fingerprint density at radius 2 is 1.91 bits per heavy atom. The second-order valence-corrected chi connectivity index (χ2v) is 6.48. The van der Waals surface area contributed by atoms with Crippen molar-refractivity contribution in [3.05, 3.63) is 29.8 Å². The lowest BCUT2D eigenvalue weighted by Gasteiger charge is -2.21. The van der Waals surface area contributed by atoms with E-state index in [0.717, 1.165) is 0 Å². The molecule has 0 aromatic heterocycles. The van der Waals surface area contributed by atoms with Crippen LogP contribution >= 0.6 is 0 Å². The fourth-order valence-electron chi connectivity index (χ4n) is 1.85. The highest BCUT2D eigenvalue weighted by atomic mass is 16.5. The van der Waals surface area contributed by atoms with E-state index in [0.29, 0.717) is 24.2 Å². The highest BCUT2D eigenvalue weighted by Crippen LogP contribution is 2.21. The quantitative estimate of drug-likeness (QED) is 0.804. The van der Waals surface area contributed by atoms with E-state index in [1.54, 1.807) is 24.3 Å². The van der Waals surface area contributed by atoms with Gasteiger partial charge in [-0.2, -0.15) is 5.26 Å². The number of aliphatic carboxylic acids is 1. The minimum absolute atomic E-state index is 0.00256. The van der Waals surface area contributed by atoms with E-state index in [9.17, 15) is 14.7 Å². The van der Waals surface area contributed by atoms with Gasteiger partial charge in [-0.1, -0.05) is 20.8 Å². The maximum absolute atomic E-state index is 11.8. The smallest absolute Gasteiger partial charge is 0.326 e. The highest BCUT2D eigenvalue weighted by Gasteiger charge is 2.22. The lowest BCUT2D eigenvalue weighted by atomic mass is 9.88. The van der Waals surface area contributed by atoms with Gasteiger partial charge in [-0.05, 0) is 42.5 Å². The van der Waals surface area contributed by atoms with Crippen LogP contribution in [0.1, 0.15) is 39.2 Å². The molecule has 1 amide bonds. The first-order valence-corrected chi connectivity index (χ1v) is 7.36. The number of ether oxygens (including phenoxy) is 1. The zero-order valence-corrected chi connectivity index (χ0v) is 13.6. The van der Waals surface area contributed by atoms with Gasteiger partial charge >= 0.3 is 5.97 Å². The molecule has 0 saturated carbocycles. The number of nitrogens with one attached hydrogen (secondary N) is 1. The second-order valence-electron chi connectivity index (χ2n) is 6.48. The summed E-state index contributed by atoms with van der Waals surface area (Å²) < 4.78 is 5.28. The van der Waals surface area contributed by atoms with E-state index < -0.39 is 17.9 Å². The summed E-state index contributed by atoms with van der Waals surface area (Å²) in [6, 6.07) is 7.39. The van der Waals surface area contributed by atoms with Gasteiger partial charge in [0, 0.05) is 0 Å². The minimum atomic E-state index is -1.05. The van der Waals surface area contributed by atoms with E-state index in [1.807, 2.05) is 26.8 Å². The van der Waals surface area contributed by atoms with Crippen LogP contribution in [-0.4, -0.2) is 29.6 Å². The molecule has 6 nitrogen and oxygen atoms in total. The van der Waals surface area contributed by atoms with Gasteiger partial charge in [-0.15, -0.1) is 0 Å². The molecule has 0 radical (unpaired) electrons. The van der Waals surface area contributed by atoms with Crippen LogP contribution in [0.5, 0.6) is 5.75 Å². The number of nitriles is 1. The van der Waals surface area contributed by atoms with Gasteiger partial charge in [-0.25, -0.2) is 4.79 Å². The lowest BCUT2D eigenvalue weighted by Crippen LogP contribution is -2.43. The lowest BCUT2D eigenvalue weighted by molar-refractivity contribution is -0.142. The van der Waals surface area contributed by atoms with Crippen LogP contribution in [-0.2, 0) is 9.59 Å². The molecule has 1 rings (SSSR count). The molecule has 0 aliphatic rings. The molecule has 23 heavy (non-hydrogen) atoms. The Labute approximate surface area is 136 Å². The van der Waals surface area contributed by atoms with Crippen LogP contribution < -0.4 is 10.1 Å². The van der Waals surface area contributed by atoms with Gasteiger partial charge in [0.2, 0.25) is 0 Å². The van der Waals surface area contributed by atoms with E-state index >= 15 is 0 Å². The van der Waals surface area contributed by atoms with E-state index in [2.05, 4.69) is 5.32 Å². The maximum atomic E-state index is 11.8. The summed E-state index contributed by atoms with van der Waals surface area (Å²) in [7, 11) is 0. The molecule has 124 valence electrons. The van der Waals surface area contributed by atoms with Crippen LogP contribution in [0.25, 0.3) is 0 Å². The predicted octanol–water partition coefficient (Wildman–Crippen LogP) is 2.33. The van der Waals surface area contributed by atoms with Gasteiger partial charge in [-0.3, -0.25) is 4.79 Å². The van der Waals surface area contributed by atoms with Crippen molar-refractivity contribution in [3.63, 3.8) is 0 Å². The van der Waals surface area contributed by atoms with Crippen LogP contribution in [0.15, 0.2) is 24.3 Å². The number of carboxylic acid groups (broad SMARTS) is 1. The number of rotatable bonds is 7. The van der Waals surface area contributed by atoms with E-state index in [1.165, 1.54) is 0 Å². The zero-order valence-electron chi connectivity index (χ0n) is 13.6. The molecular weight excluding hydrogens is 296 g/mol. The molecule has 0 aliphatic carbocycles. The molecule has 2 N–H and O–H groups in total. The topological polar surface area (TPSA) is 99.4 Å². The van der Waals surface area contributed by atoms with Crippen molar-refractivity contribution in [3.8, 4) is 11.8 Å². The summed E-state index contributed by atoms with van der Waals surface area (Å²) in [6.45, 7) is 5.77. The van der Waals surface area contributed by atoms with Crippen molar-refractivity contribution in [2.24, 2.45) is 5.41 Å². The molecule has 0 bridgehead atoms. The normalized spacial score (nSPS) is 12.1. The number of carbonyl (C=O) groups excluding carboxylic acids is 1. The summed E-state index contributed by atoms with van der Waals surface area (Å²) >= 11 is 0. The van der Waals surface area contributed by atoms with Crippen molar-refractivity contribution in [1.82, 2.24) is 5.32 Å². The Balaban J connectivity index is 2.48. The summed E-state index contributed by atoms with van der Waals surface area (Å²) in [5.74, 6) is -1.10. The molecule has 0 aliphatic heterocycles. The standard InChI is InChI=1S/C17H22N2O4/c1-17(2,3)9-8-14(16(21)22)19-15(20)11-23-13-6-4-12(10-18)5-7-13/h4-7,14H,8-9,11H2,1-3H3,(H,19,20)(H,21,22). The Bertz CT molecular complexity index is 582. The molecule has 6 heteroatoms. The number of carbonyl (C=O) groups is 2. The molecule has 0 fully saturated rings. The largest absolute Gasteiger partial charge is 0.484 e. The molecule has 0 heterocycles. The third-order valence-electron chi connectivity index (χ3n) is 3.17. The molecule has 0 spiro atoms. The highest BCUT2D eigenvalue weighted by molar-refractivity contribution is 5.84. The monoisotopic (exact) mass is 318 g/mol. The van der Waals surface area contributed by atoms with Gasteiger partial charge in [0.1, 0.15) is 11.8 Å². The van der Waals surface area contributed by atoms with Crippen LogP contribution in [0.2, 0.25) is 0 Å². The van der Waals surface area contributed by atoms with Gasteiger partial charge in [0.25, 0.3) is 5.91 Å². The third kappa shape index (κ3) is 7.32. The SMILES string of the molecule is CC(C)(C)CCC(NC(=O)COc1ccc(C#N)cc1)C(=O)O. The Morgan fingerprint density at radius 1 is 1.30 bits per heavy atom. The fourth-order valence-corrected chi connectivity index (χ4v) is 1.85. The van der Waals surface area contributed by atoms with Crippen LogP contribution in [0.3, 0.4) is 0 Å². The number of benzene rings is 1. The Kier molecular flexibility index (Phi) is 6.58. The van der Waals surface area contributed by atoms with Gasteiger partial charge in [0.15, 0.2) is 6.61 Å². The van der Waals surface area contributed by atoms with Crippen LogP contribution in [0, 0.1) is 16.7 Å². The summed E-state index contributed by atoms with van der Waals surface area (Å²) in [6.07, 6.45) is 1.04. The molecule has 1 aromatic carbocycles. The maximum Gasteiger partial charge on any atom is 0.326 e. The van der Waals surface area contributed by atoms with Gasteiger partial charge < -0.3 is 15.2 Å². The fraction of sp³-hybridized carbons (Fsp3) is 0.471. The molecule has 1 atom stereocenters. The summed E-state index contributed by atoms with van der Waals surface area (Å²) in [5, 5.41) is 20.3. The van der Waals surface area contributed by atoms with Crippen molar-refractivity contribution in [2.45, 2.75) is 39.7 Å². The summed E-state index contributed by atoms with van der Waals surface area (Å²) in [5.41, 5.74) is 0.493. The zero-order chi connectivity index (χ0) is 17.5. The first-order valence-electron chi connectivity index (χ1n) is 7.36. The number of carboxylic acids is 1. The van der Waals surface area contributed by atoms with Crippen LogP contribution in [0.4, 0.5) is 0 Å². The van der Waals surface area contributed by atoms with E-state index in [4.69, 9.17) is 10.00 Å². The molecule has 0 saturated heterocycles. The average Bonchev–Trinajstić information content (AvgIpc) is 2.48. The number of hydrogen-bond acceptors (Lipinski definition) is 4. The summed E-state index contributed by atoms with van der Waals surface area (Å²) in [4.78, 5) is 23.0. The van der Waals surface area contributed by atoms with Gasteiger partial charge in [0.05, 0.1) is 11.6 Å². The average molecular weight is 318 g/mol. The predicted molar refractivity (Wildman–Crippen MR) is 84.9 cm³/mol. The molecule has 1 aromatic rings. The Morgan fingerprint density at radius 3 is 2.39 bits per heavy atom. The molecular formula is C17H22N2O4. The second kappa shape index (κ2) is 8.18.